The number of ketones is 1. The van der Waals surface area contributed by atoms with Gasteiger partial charge in [0, 0.05) is 17.1 Å². The number of aryl methyl sites for hydroxylation is 3. The number of carbonyl (C=O) groups is 1. The highest BCUT2D eigenvalue weighted by atomic mass is 79.9. The lowest BCUT2D eigenvalue weighted by Gasteiger charge is -2.08. The van der Waals surface area contributed by atoms with Crippen LogP contribution in [0.1, 0.15) is 27.2 Å². The maximum absolute atomic E-state index is 12.5. The third-order valence-electron chi connectivity index (χ3n) is 2.81. The Kier molecular flexibility index (Phi) is 3.73. The molecule has 0 unspecified atom stereocenters. The van der Waals surface area contributed by atoms with E-state index in [9.17, 15) is 4.79 Å². The lowest BCUT2D eigenvalue weighted by Crippen LogP contribution is -2.09. The fourth-order valence-electron chi connectivity index (χ4n) is 1.88. The van der Waals surface area contributed by atoms with Crippen molar-refractivity contribution in [1.82, 2.24) is 9.78 Å². The molecule has 1 aromatic carbocycles. The fraction of sp³-hybridized carbons (Fsp3) is 0.231. The van der Waals surface area contributed by atoms with E-state index in [2.05, 4.69) is 37.0 Å². The van der Waals surface area contributed by atoms with E-state index in [0.29, 0.717) is 15.7 Å². The standard InChI is InChI=1S/C13H12Br2N2O/c1-7-4-9(5-8(2)11(7)15)13(18)12-10(14)6-16-17(12)3/h4-6H,1-3H3. The Balaban J connectivity index is 2.54. The van der Waals surface area contributed by atoms with Crippen LogP contribution in [-0.2, 0) is 7.05 Å². The third-order valence-corrected chi connectivity index (χ3v) is 4.64. The molecule has 0 amide bonds. The summed E-state index contributed by atoms with van der Waals surface area (Å²) in [6.45, 7) is 3.96. The molecular weight excluding hydrogens is 360 g/mol. The molecule has 0 saturated carbocycles. The van der Waals surface area contributed by atoms with Crippen molar-refractivity contribution >= 4 is 37.6 Å². The Labute approximate surface area is 122 Å². The van der Waals surface area contributed by atoms with E-state index >= 15 is 0 Å². The van der Waals surface area contributed by atoms with E-state index in [1.54, 1.807) is 17.9 Å². The van der Waals surface area contributed by atoms with Crippen LogP contribution >= 0.6 is 31.9 Å². The quantitative estimate of drug-likeness (QED) is 0.752. The Morgan fingerprint density at radius 3 is 2.22 bits per heavy atom. The average Bonchev–Trinajstić information content (AvgIpc) is 2.64. The molecular formula is C13H12Br2N2O. The van der Waals surface area contributed by atoms with Crippen LogP contribution in [0.3, 0.4) is 0 Å². The number of benzene rings is 1. The van der Waals surface area contributed by atoms with E-state index < -0.39 is 0 Å². The first-order chi connectivity index (χ1) is 8.41. The lowest BCUT2D eigenvalue weighted by molar-refractivity contribution is 0.102. The van der Waals surface area contributed by atoms with Gasteiger partial charge in [0.05, 0.1) is 10.7 Å². The molecule has 0 bridgehead atoms. The summed E-state index contributed by atoms with van der Waals surface area (Å²) >= 11 is 6.86. The highest BCUT2D eigenvalue weighted by Gasteiger charge is 2.18. The van der Waals surface area contributed by atoms with Crippen molar-refractivity contribution in [2.24, 2.45) is 7.05 Å². The highest BCUT2D eigenvalue weighted by molar-refractivity contribution is 9.10. The van der Waals surface area contributed by atoms with Gasteiger partial charge in [0.1, 0.15) is 5.69 Å². The molecule has 0 radical (unpaired) electrons. The minimum absolute atomic E-state index is 0.0272. The number of hydrogen-bond donors (Lipinski definition) is 0. The minimum atomic E-state index is -0.0272. The summed E-state index contributed by atoms with van der Waals surface area (Å²) in [6, 6.07) is 3.78. The first-order valence-electron chi connectivity index (χ1n) is 5.40. The zero-order valence-electron chi connectivity index (χ0n) is 10.3. The van der Waals surface area contributed by atoms with Crippen molar-refractivity contribution < 1.29 is 4.79 Å². The van der Waals surface area contributed by atoms with Crippen molar-refractivity contribution in [3.05, 3.63) is 49.7 Å². The summed E-state index contributed by atoms with van der Waals surface area (Å²) in [5, 5.41) is 4.06. The van der Waals surface area contributed by atoms with Gasteiger partial charge in [-0.3, -0.25) is 9.48 Å². The van der Waals surface area contributed by atoms with Crippen LogP contribution < -0.4 is 0 Å². The third kappa shape index (κ3) is 2.29. The maximum Gasteiger partial charge on any atom is 0.212 e. The first-order valence-corrected chi connectivity index (χ1v) is 6.99. The van der Waals surface area contributed by atoms with Gasteiger partial charge in [-0.2, -0.15) is 5.10 Å². The Hall–Kier alpha value is -0.940. The number of nitrogens with zero attached hydrogens (tertiary/aromatic N) is 2. The molecule has 5 heteroatoms. The van der Waals surface area contributed by atoms with Gasteiger partial charge in [0.2, 0.25) is 5.78 Å². The molecule has 0 aliphatic rings. The van der Waals surface area contributed by atoms with Gasteiger partial charge < -0.3 is 0 Å². The summed E-state index contributed by atoms with van der Waals surface area (Å²) in [5.41, 5.74) is 3.35. The fourth-order valence-corrected chi connectivity index (χ4v) is 2.64. The summed E-state index contributed by atoms with van der Waals surface area (Å²) in [7, 11) is 1.76. The molecule has 18 heavy (non-hydrogen) atoms. The molecule has 0 aliphatic heterocycles. The SMILES string of the molecule is Cc1cc(C(=O)c2c(Br)cnn2C)cc(C)c1Br. The summed E-state index contributed by atoms with van der Waals surface area (Å²) < 4.78 is 3.34. The number of aromatic nitrogens is 2. The van der Waals surface area contributed by atoms with Gasteiger partial charge in [0.15, 0.2) is 0 Å². The van der Waals surface area contributed by atoms with Crippen LogP contribution in [0.5, 0.6) is 0 Å². The van der Waals surface area contributed by atoms with Gasteiger partial charge in [-0.05, 0) is 53.0 Å². The zero-order chi connectivity index (χ0) is 13.4. The summed E-state index contributed by atoms with van der Waals surface area (Å²) in [6.07, 6.45) is 1.63. The maximum atomic E-state index is 12.5. The molecule has 94 valence electrons. The Morgan fingerprint density at radius 2 is 1.78 bits per heavy atom. The molecule has 1 aromatic heterocycles. The number of halogens is 2. The van der Waals surface area contributed by atoms with Crippen LogP contribution in [0.25, 0.3) is 0 Å². The number of hydrogen-bond acceptors (Lipinski definition) is 2. The molecule has 3 nitrogen and oxygen atoms in total. The second kappa shape index (κ2) is 4.97. The lowest BCUT2D eigenvalue weighted by atomic mass is 10.0. The van der Waals surface area contributed by atoms with E-state index in [4.69, 9.17) is 0 Å². The molecule has 1 heterocycles. The van der Waals surface area contributed by atoms with Crippen LogP contribution in [0.2, 0.25) is 0 Å². The van der Waals surface area contributed by atoms with E-state index in [0.717, 1.165) is 15.6 Å². The number of rotatable bonds is 2. The normalized spacial score (nSPS) is 10.7. The highest BCUT2D eigenvalue weighted by Crippen LogP contribution is 2.25. The molecule has 0 saturated heterocycles. The predicted octanol–water partition coefficient (Wildman–Crippen LogP) is 3.79. The van der Waals surface area contributed by atoms with Crippen molar-refractivity contribution in [3.63, 3.8) is 0 Å². The topological polar surface area (TPSA) is 34.9 Å². The smallest absolute Gasteiger partial charge is 0.212 e. The first kappa shape index (κ1) is 13.5. The second-order valence-corrected chi connectivity index (χ2v) is 5.87. The molecule has 2 rings (SSSR count). The van der Waals surface area contributed by atoms with E-state index in [1.807, 2.05) is 26.0 Å². The van der Waals surface area contributed by atoms with E-state index in [-0.39, 0.29) is 5.78 Å². The van der Waals surface area contributed by atoms with Gasteiger partial charge in [0.25, 0.3) is 0 Å². The zero-order valence-corrected chi connectivity index (χ0v) is 13.5. The van der Waals surface area contributed by atoms with Gasteiger partial charge in [-0.25, -0.2) is 0 Å². The van der Waals surface area contributed by atoms with Gasteiger partial charge in [-0.1, -0.05) is 15.9 Å². The van der Waals surface area contributed by atoms with Crippen LogP contribution in [-0.4, -0.2) is 15.6 Å². The molecule has 0 aliphatic carbocycles. The largest absolute Gasteiger partial charge is 0.287 e. The Bertz CT molecular complexity index is 589. The van der Waals surface area contributed by atoms with Gasteiger partial charge >= 0.3 is 0 Å². The molecule has 0 N–H and O–H groups in total. The average molecular weight is 372 g/mol. The molecule has 0 fully saturated rings. The summed E-state index contributed by atoms with van der Waals surface area (Å²) in [5.74, 6) is -0.0272. The molecule has 0 spiro atoms. The summed E-state index contributed by atoms with van der Waals surface area (Å²) in [4.78, 5) is 12.5. The van der Waals surface area contributed by atoms with Gasteiger partial charge in [-0.15, -0.1) is 0 Å². The van der Waals surface area contributed by atoms with Crippen molar-refractivity contribution in [1.29, 1.82) is 0 Å². The van der Waals surface area contributed by atoms with Crippen molar-refractivity contribution in [2.75, 3.05) is 0 Å². The van der Waals surface area contributed by atoms with Crippen LogP contribution in [0, 0.1) is 13.8 Å². The molecule has 2 aromatic rings. The van der Waals surface area contributed by atoms with E-state index in [1.165, 1.54) is 0 Å². The van der Waals surface area contributed by atoms with Crippen LogP contribution in [0.15, 0.2) is 27.3 Å². The predicted molar refractivity (Wildman–Crippen MR) is 78.0 cm³/mol. The van der Waals surface area contributed by atoms with Crippen molar-refractivity contribution in [3.8, 4) is 0 Å². The number of carbonyl (C=O) groups excluding carboxylic acids is 1. The molecule has 0 atom stereocenters. The van der Waals surface area contributed by atoms with Crippen molar-refractivity contribution in [2.45, 2.75) is 13.8 Å². The Morgan fingerprint density at radius 1 is 1.22 bits per heavy atom. The minimum Gasteiger partial charge on any atom is -0.287 e. The monoisotopic (exact) mass is 370 g/mol. The second-order valence-electron chi connectivity index (χ2n) is 4.22. The van der Waals surface area contributed by atoms with Crippen LogP contribution in [0.4, 0.5) is 0 Å².